The van der Waals surface area contributed by atoms with E-state index in [4.69, 9.17) is 0 Å². The zero-order chi connectivity index (χ0) is 17.4. The maximum absolute atomic E-state index is 12.4. The Kier molecular flexibility index (Phi) is 8.61. The molecule has 2 rings (SSSR count). The van der Waals surface area contributed by atoms with Crippen LogP contribution in [-0.4, -0.2) is 34.0 Å². The lowest BCUT2D eigenvalue weighted by Crippen LogP contribution is -2.31. The number of amides is 1. The minimum absolute atomic E-state index is 0. The van der Waals surface area contributed by atoms with E-state index in [9.17, 15) is 13.2 Å². The number of nitrogens with one attached hydrogen (secondary N) is 2. The molecule has 0 aromatic heterocycles. The fourth-order valence-electron chi connectivity index (χ4n) is 2.23. The summed E-state index contributed by atoms with van der Waals surface area (Å²) in [5.74, 6) is -0.262. The number of benzene rings is 2. The largest absolute Gasteiger partial charge is 0.351 e. The highest BCUT2D eigenvalue weighted by Crippen LogP contribution is 2.17. The van der Waals surface area contributed by atoms with E-state index in [-0.39, 0.29) is 29.0 Å². The highest BCUT2D eigenvalue weighted by Gasteiger charge is 2.16. The average molecular weight is 383 g/mol. The monoisotopic (exact) mass is 382 g/mol. The molecule has 0 unspecified atom stereocenters. The van der Waals surface area contributed by atoms with Gasteiger partial charge in [-0.05, 0) is 36.4 Å². The van der Waals surface area contributed by atoms with Crippen molar-refractivity contribution in [3.8, 4) is 0 Å². The summed E-state index contributed by atoms with van der Waals surface area (Å²) in [5.41, 5.74) is 1.19. The van der Waals surface area contributed by atoms with E-state index >= 15 is 0 Å². The van der Waals surface area contributed by atoms with E-state index < -0.39 is 9.84 Å². The zero-order valence-electron chi connectivity index (χ0n) is 14.1. The van der Waals surface area contributed by atoms with Gasteiger partial charge < -0.3 is 10.6 Å². The summed E-state index contributed by atoms with van der Waals surface area (Å²) in [4.78, 5) is 12.2. The summed E-state index contributed by atoms with van der Waals surface area (Å²) in [6.07, 6.45) is 0. The van der Waals surface area contributed by atoms with Crippen LogP contribution in [-0.2, 0) is 15.6 Å². The van der Waals surface area contributed by atoms with Crippen molar-refractivity contribution in [2.75, 3.05) is 19.6 Å². The lowest BCUT2D eigenvalue weighted by Gasteiger charge is -2.08. The number of sulfone groups is 1. The van der Waals surface area contributed by atoms with Crippen molar-refractivity contribution in [1.29, 1.82) is 0 Å². The number of rotatable bonds is 8. The fourth-order valence-corrected chi connectivity index (χ4v) is 3.58. The van der Waals surface area contributed by atoms with Crippen LogP contribution in [0.25, 0.3) is 0 Å². The molecule has 0 aliphatic carbocycles. The van der Waals surface area contributed by atoms with Crippen LogP contribution in [0, 0.1) is 0 Å². The number of hydrogen-bond donors (Lipinski definition) is 2. The van der Waals surface area contributed by atoms with Gasteiger partial charge in [0.25, 0.3) is 5.91 Å². The first kappa shape index (κ1) is 21.2. The van der Waals surface area contributed by atoms with Gasteiger partial charge in [-0.25, -0.2) is 8.42 Å². The van der Waals surface area contributed by atoms with Crippen molar-refractivity contribution < 1.29 is 13.2 Å². The maximum Gasteiger partial charge on any atom is 0.251 e. The van der Waals surface area contributed by atoms with Crippen LogP contribution in [0.2, 0.25) is 0 Å². The number of carbonyl (C=O) groups is 1. The van der Waals surface area contributed by atoms with Crippen molar-refractivity contribution in [2.45, 2.75) is 17.6 Å². The number of carbonyl (C=O) groups excluding carboxylic acids is 1. The molecule has 0 fully saturated rings. The second kappa shape index (κ2) is 10.2. The second-order valence-corrected chi connectivity index (χ2v) is 7.37. The molecule has 0 atom stereocenters. The van der Waals surface area contributed by atoms with Gasteiger partial charge in [0, 0.05) is 18.7 Å². The molecular weight excluding hydrogens is 360 g/mol. The van der Waals surface area contributed by atoms with E-state index in [1.165, 1.54) is 12.1 Å². The van der Waals surface area contributed by atoms with E-state index in [0.717, 1.165) is 12.1 Å². The van der Waals surface area contributed by atoms with E-state index in [2.05, 4.69) is 10.6 Å². The lowest BCUT2D eigenvalue weighted by atomic mass is 10.2. The highest BCUT2D eigenvalue weighted by molar-refractivity contribution is 7.90. The average Bonchev–Trinajstić information content (AvgIpc) is 2.59. The summed E-state index contributed by atoms with van der Waals surface area (Å²) in [5, 5.41) is 5.89. The Bertz CT molecular complexity index is 763. The molecular formula is C18H23ClN2O3S. The molecule has 0 radical (unpaired) electrons. The molecule has 0 saturated heterocycles. The maximum atomic E-state index is 12.4. The van der Waals surface area contributed by atoms with Gasteiger partial charge in [0.2, 0.25) is 0 Å². The summed E-state index contributed by atoms with van der Waals surface area (Å²) in [6.45, 7) is 4.08. The number of hydrogen-bond acceptors (Lipinski definition) is 4. The van der Waals surface area contributed by atoms with Crippen molar-refractivity contribution in [2.24, 2.45) is 0 Å². The zero-order valence-corrected chi connectivity index (χ0v) is 15.7. The number of halogens is 1. The highest BCUT2D eigenvalue weighted by atomic mass is 35.5. The molecule has 7 heteroatoms. The summed E-state index contributed by atoms with van der Waals surface area (Å²) in [6, 6.07) is 15.1. The van der Waals surface area contributed by atoms with Crippen LogP contribution in [0.4, 0.5) is 0 Å². The van der Waals surface area contributed by atoms with Crippen LogP contribution in [0.3, 0.4) is 0 Å². The normalized spacial score (nSPS) is 10.8. The predicted octanol–water partition coefficient (Wildman–Crippen LogP) is 2.42. The molecule has 0 saturated carbocycles. The second-order valence-electron chi connectivity index (χ2n) is 5.38. The first-order chi connectivity index (χ1) is 11.5. The molecule has 0 bridgehead atoms. The SMILES string of the molecule is CCNCCNC(=O)c1ccc(S(=O)(=O)Cc2ccccc2)cc1.Cl. The topological polar surface area (TPSA) is 75.3 Å². The Morgan fingerprint density at radius 3 is 2.20 bits per heavy atom. The molecule has 2 N–H and O–H groups in total. The van der Waals surface area contributed by atoms with Crippen molar-refractivity contribution in [3.63, 3.8) is 0 Å². The van der Waals surface area contributed by atoms with Gasteiger partial charge in [-0.15, -0.1) is 12.4 Å². The molecule has 2 aromatic carbocycles. The summed E-state index contributed by atoms with van der Waals surface area (Å²) < 4.78 is 24.8. The van der Waals surface area contributed by atoms with Gasteiger partial charge in [-0.1, -0.05) is 37.3 Å². The van der Waals surface area contributed by atoms with Gasteiger partial charge in [-0.2, -0.15) is 0 Å². The van der Waals surface area contributed by atoms with Gasteiger partial charge in [-0.3, -0.25) is 4.79 Å². The lowest BCUT2D eigenvalue weighted by molar-refractivity contribution is 0.0954. The molecule has 0 aliphatic rings. The van der Waals surface area contributed by atoms with Crippen molar-refractivity contribution >= 4 is 28.2 Å². The molecule has 5 nitrogen and oxygen atoms in total. The van der Waals surface area contributed by atoms with E-state index in [1.54, 1.807) is 24.3 Å². The molecule has 0 heterocycles. The van der Waals surface area contributed by atoms with Gasteiger partial charge >= 0.3 is 0 Å². The molecule has 0 spiro atoms. The minimum Gasteiger partial charge on any atom is -0.351 e. The summed E-state index contributed by atoms with van der Waals surface area (Å²) in [7, 11) is -3.42. The standard InChI is InChI=1S/C18H22N2O3S.ClH/c1-2-19-12-13-20-18(21)16-8-10-17(11-9-16)24(22,23)14-15-6-4-3-5-7-15;/h3-11,19H,2,12-14H2,1H3,(H,20,21);1H. The molecule has 25 heavy (non-hydrogen) atoms. The predicted molar refractivity (Wildman–Crippen MR) is 102 cm³/mol. The van der Waals surface area contributed by atoms with E-state index in [0.29, 0.717) is 18.7 Å². The Labute approximate surface area is 155 Å². The fraction of sp³-hybridized carbons (Fsp3) is 0.278. The molecule has 0 aliphatic heterocycles. The van der Waals surface area contributed by atoms with Gasteiger partial charge in [0.1, 0.15) is 0 Å². The van der Waals surface area contributed by atoms with Gasteiger partial charge in [0.05, 0.1) is 10.6 Å². The molecule has 1 amide bonds. The van der Waals surface area contributed by atoms with E-state index in [1.807, 2.05) is 25.1 Å². The Balaban J connectivity index is 0.00000312. The van der Waals surface area contributed by atoms with Crippen LogP contribution in [0.1, 0.15) is 22.8 Å². The Hall–Kier alpha value is -1.89. The third kappa shape index (κ3) is 6.49. The molecule has 2 aromatic rings. The Morgan fingerprint density at radius 2 is 1.60 bits per heavy atom. The first-order valence-electron chi connectivity index (χ1n) is 7.88. The quantitative estimate of drug-likeness (QED) is 0.687. The first-order valence-corrected chi connectivity index (χ1v) is 9.54. The third-order valence-electron chi connectivity index (χ3n) is 3.51. The van der Waals surface area contributed by atoms with Crippen LogP contribution >= 0.6 is 12.4 Å². The van der Waals surface area contributed by atoms with Crippen LogP contribution in [0.15, 0.2) is 59.5 Å². The third-order valence-corrected chi connectivity index (χ3v) is 5.22. The summed E-state index contributed by atoms with van der Waals surface area (Å²) >= 11 is 0. The minimum atomic E-state index is -3.42. The smallest absolute Gasteiger partial charge is 0.251 e. The van der Waals surface area contributed by atoms with Crippen LogP contribution < -0.4 is 10.6 Å². The number of likely N-dealkylation sites (N-methyl/N-ethyl adjacent to an activating group) is 1. The van der Waals surface area contributed by atoms with Crippen LogP contribution in [0.5, 0.6) is 0 Å². The Morgan fingerprint density at radius 1 is 0.960 bits per heavy atom. The van der Waals surface area contributed by atoms with Crippen molar-refractivity contribution in [3.05, 3.63) is 65.7 Å². The van der Waals surface area contributed by atoms with Gasteiger partial charge in [0.15, 0.2) is 9.84 Å². The molecule has 136 valence electrons. The van der Waals surface area contributed by atoms with Crippen molar-refractivity contribution in [1.82, 2.24) is 10.6 Å².